The van der Waals surface area contributed by atoms with Gasteiger partial charge in [-0.15, -0.1) is 5.10 Å². The van der Waals surface area contributed by atoms with E-state index in [1.807, 2.05) is 31.2 Å². The number of aromatic nitrogens is 4. The Morgan fingerprint density at radius 3 is 2.73 bits per heavy atom. The van der Waals surface area contributed by atoms with Crippen LogP contribution >= 0.6 is 11.8 Å². The summed E-state index contributed by atoms with van der Waals surface area (Å²) in [6.45, 7) is 2.65. The average Bonchev–Trinajstić information content (AvgIpc) is 3.15. The average molecular weight is 375 g/mol. The summed E-state index contributed by atoms with van der Waals surface area (Å²) in [6.07, 6.45) is 6.32. The highest BCUT2D eigenvalue weighted by molar-refractivity contribution is 8.00. The third-order valence-corrected chi connectivity index (χ3v) is 5.73. The number of nitrogens with zero attached hydrogens (tertiary/aromatic N) is 4. The van der Waals surface area contributed by atoms with Gasteiger partial charge in [-0.1, -0.05) is 31.0 Å². The van der Waals surface area contributed by atoms with Crippen LogP contribution < -0.4 is 10.1 Å². The van der Waals surface area contributed by atoms with Crippen LogP contribution in [0.15, 0.2) is 29.4 Å². The van der Waals surface area contributed by atoms with Crippen LogP contribution in [0.4, 0.5) is 0 Å². The molecule has 1 saturated carbocycles. The zero-order valence-corrected chi connectivity index (χ0v) is 16.0. The van der Waals surface area contributed by atoms with Crippen LogP contribution in [0, 0.1) is 5.92 Å². The van der Waals surface area contributed by atoms with Crippen LogP contribution in [0.25, 0.3) is 5.69 Å². The van der Waals surface area contributed by atoms with Crippen molar-refractivity contribution in [1.29, 1.82) is 0 Å². The summed E-state index contributed by atoms with van der Waals surface area (Å²) < 4.78 is 6.80. The van der Waals surface area contributed by atoms with Gasteiger partial charge in [-0.2, -0.15) is 4.68 Å². The topological polar surface area (TPSA) is 81.9 Å². The quantitative estimate of drug-likeness (QED) is 0.750. The van der Waals surface area contributed by atoms with Gasteiger partial charge in [0.25, 0.3) is 0 Å². The number of carbonyl (C=O) groups is 1. The lowest BCUT2D eigenvalue weighted by molar-refractivity contribution is -0.120. The van der Waals surface area contributed by atoms with E-state index in [1.54, 1.807) is 11.8 Å². The van der Waals surface area contributed by atoms with Crippen molar-refractivity contribution >= 4 is 17.7 Å². The van der Waals surface area contributed by atoms with Crippen molar-refractivity contribution in [1.82, 2.24) is 25.5 Å². The first kappa shape index (κ1) is 18.7. The maximum absolute atomic E-state index is 12.4. The van der Waals surface area contributed by atoms with Gasteiger partial charge in [-0.05, 0) is 60.4 Å². The van der Waals surface area contributed by atoms with E-state index in [0.29, 0.717) is 11.1 Å². The zero-order valence-electron chi connectivity index (χ0n) is 15.2. The molecule has 1 aromatic heterocycles. The van der Waals surface area contributed by atoms with E-state index >= 15 is 0 Å². The molecule has 0 radical (unpaired) electrons. The molecule has 1 aliphatic carbocycles. The van der Waals surface area contributed by atoms with Crippen LogP contribution in [-0.2, 0) is 4.79 Å². The zero-order chi connectivity index (χ0) is 18.4. The molecule has 1 aromatic carbocycles. The summed E-state index contributed by atoms with van der Waals surface area (Å²) >= 11 is 1.36. The van der Waals surface area contributed by atoms with Gasteiger partial charge in [0, 0.05) is 6.54 Å². The summed E-state index contributed by atoms with van der Waals surface area (Å²) in [5.41, 5.74) is 0.827. The molecule has 8 heteroatoms. The number of thioether (sulfide) groups is 1. The van der Waals surface area contributed by atoms with E-state index in [2.05, 4.69) is 20.8 Å². The van der Waals surface area contributed by atoms with Gasteiger partial charge in [-0.25, -0.2) is 0 Å². The Labute approximate surface area is 157 Å². The minimum atomic E-state index is -0.262. The molecule has 0 saturated heterocycles. The normalized spacial score (nSPS) is 16.2. The smallest absolute Gasteiger partial charge is 0.233 e. The molecule has 26 heavy (non-hydrogen) atoms. The number of rotatable bonds is 7. The molecule has 3 rings (SSSR count). The van der Waals surface area contributed by atoms with E-state index in [0.717, 1.165) is 18.0 Å². The maximum atomic E-state index is 12.4. The van der Waals surface area contributed by atoms with Gasteiger partial charge >= 0.3 is 0 Å². The van der Waals surface area contributed by atoms with Crippen molar-refractivity contribution in [2.24, 2.45) is 5.92 Å². The summed E-state index contributed by atoms with van der Waals surface area (Å²) in [4.78, 5) is 12.4. The van der Waals surface area contributed by atoms with Crippen molar-refractivity contribution in [2.75, 3.05) is 13.7 Å². The Balaban J connectivity index is 1.57. The van der Waals surface area contributed by atoms with E-state index in [4.69, 9.17) is 4.74 Å². The van der Waals surface area contributed by atoms with E-state index < -0.39 is 0 Å². The molecular weight excluding hydrogens is 350 g/mol. The van der Waals surface area contributed by atoms with Gasteiger partial charge in [0.2, 0.25) is 11.1 Å². The predicted molar refractivity (Wildman–Crippen MR) is 101 cm³/mol. The Hall–Kier alpha value is -2.09. The van der Waals surface area contributed by atoms with Gasteiger partial charge in [-0.3, -0.25) is 4.79 Å². The van der Waals surface area contributed by atoms with E-state index in [9.17, 15) is 4.79 Å². The fourth-order valence-electron chi connectivity index (χ4n) is 3.13. The molecule has 1 amide bonds. The molecule has 0 bridgehead atoms. The lowest BCUT2D eigenvalue weighted by atomic mass is 9.89. The molecule has 1 unspecified atom stereocenters. The Kier molecular flexibility index (Phi) is 6.49. The number of hydrogen-bond acceptors (Lipinski definition) is 6. The number of methoxy groups -OCH3 is 1. The minimum Gasteiger partial charge on any atom is -0.497 e. The highest BCUT2D eigenvalue weighted by Crippen LogP contribution is 2.25. The Morgan fingerprint density at radius 1 is 1.31 bits per heavy atom. The molecule has 1 fully saturated rings. The first-order chi connectivity index (χ1) is 12.7. The van der Waals surface area contributed by atoms with Crippen molar-refractivity contribution in [3.63, 3.8) is 0 Å². The first-order valence-corrected chi connectivity index (χ1v) is 9.92. The van der Waals surface area contributed by atoms with Gasteiger partial charge < -0.3 is 10.1 Å². The fourth-order valence-corrected chi connectivity index (χ4v) is 3.96. The van der Waals surface area contributed by atoms with E-state index in [-0.39, 0.29) is 11.2 Å². The molecule has 2 aromatic rings. The number of hydrogen-bond donors (Lipinski definition) is 1. The summed E-state index contributed by atoms with van der Waals surface area (Å²) in [6, 6.07) is 7.47. The highest BCUT2D eigenvalue weighted by Gasteiger charge is 2.21. The molecule has 0 spiro atoms. The first-order valence-electron chi connectivity index (χ1n) is 9.04. The Bertz CT molecular complexity index is 713. The van der Waals surface area contributed by atoms with Crippen LogP contribution in [0.3, 0.4) is 0 Å². The molecular formula is C18H25N5O2S. The SMILES string of the molecule is COc1ccc(-n2nnnc2SC(C)C(=O)NCC2CCCCC2)cc1. The molecule has 140 valence electrons. The highest BCUT2D eigenvalue weighted by atomic mass is 32.2. The van der Waals surface area contributed by atoms with Gasteiger partial charge in [0.1, 0.15) is 5.75 Å². The molecule has 1 heterocycles. The summed E-state index contributed by atoms with van der Waals surface area (Å²) in [5, 5.41) is 15.3. The van der Waals surface area contributed by atoms with Gasteiger partial charge in [0.15, 0.2) is 0 Å². The predicted octanol–water partition coefficient (Wildman–Crippen LogP) is 2.85. The second-order valence-electron chi connectivity index (χ2n) is 6.58. The van der Waals surface area contributed by atoms with Crippen LogP contribution in [0.1, 0.15) is 39.0 Å². The van der Waals surface area contributed by atoms with Crippen molar-refractivity contribution in [2.45, 2.75) is 49.4 Å². The number of nitrogens with one attached hydrogen (secondary N) is 1. The van der Waals surface area contributed by atoms with Crippen LogP contribution in [0.5, 0.6) is 5.75 Å². The maximum Gasteiger partial charge on any atom is 0.233 e. The number of carbonyl (C=O) groups excluding carboxylic acids is 1. The molecule has 7 nitrogen and oxygen atoms in total. The lowest BCUT2D eigenvalue weighted by Gasteiger charge is -2.22. The van der Waals surface area contributed by atoms with Crippen molar-refractivity contribution in [3.05, 3.63) is 24.3 Å². The third kappa shape index (κ3) is 4.75. The lowest BCUT2D eigenvalue weighted by Crippen LogP contribution is -2.35. The summed E-state index contributed by atoms with van der Waals surface area (Å²) in [7, 11) is 1.63. The van der Waals surface area contributed by atoms with E-state index in [1.165, 1.54) is 43.9 Å². The summed E-state index contributed by atoms with van der Waals surface area (Å²) in [5.74, 6) is 1.42. The second kappa shape index (κ2) is 9.02. The Morgan fingerprint density at radius 2 is 2.04 bits per heavy atom. The van der Waals surface area contributed by atoms with Crippen molar-refractivity contribution in [3.8, 4) is 11.4 Å². The molecule has 1 atom stereocenters. The second-order valence-corrected chi connectivity index (χ2v) is 7.89. The minimum absolute atomic E-state index is 0.0323. The number of benzene rings is 1. The number of tetrazole rings is 1. The molecule has 1 aliphatic rings. The largest absolute Gasteiger partial charge is 0.497 e. The molecule has 1 N–H and O–H groups in total. The van der Waals surface area contributed by atoms with Crippen LogP contribution in [-0.4, -0.2) is 45.0 Å². The number of ether oxygens (including phenoxy) is 1. The molecule has 0 aliphatic heterocycles. The van der Waals surface area contributed by atoms with Crippen LogP contribution in [0.2, 0.25) is 0 Å². The third-order valence-electron chi connectivity index (χ3n) is 4.70. The van der Waals surface area contributed by atoms with Gasteiger partial charge in [0.05, 0.1) is 18.0 Å². The standard InChI is InChI=1S/C18H25N5O2S/c1-13(17(24)19-12-14-6-4-3-5-7-14)26-18-20-21-22-23(18)15-8-10-16(25-2)11-9-15/h8-11,13-14H,3-7,12H2,1-2H3,(H,19,24). The monoisotopic (exact) mass is 375 g/mol. The fraction of sp³-hybridized carbons (Fsp3) is 0.556. The van der Waals surface area contributed by atoms with Crippen molar-refractivity contribution < 1.29 is 9.53 Å². The number of amides is 1.